The Morgan fingerprint density at radius 3 is 2.20 bits per heavy atom. The molecule has 3 heteroatoms. The zero-order valence-corrected chi connectivity index (χ0v) is 11.6. The molecule has 0 aliphatic carbocycles. The molecule has 0 atom stereocenters. The fraction of sp³-hybridized carbons (Fsp3) is 0.0588. The highest BCUT2D eigenvalue weighted by Gasteiger charge is 2.03. The first-order valence-corrected chi connectivity index (χ1v) is 6.61. The Morgan fingerprint density at radius 2 is 1.50 bits per heavy atom. The number of nitrogens with zero attached hydrogens (tertiary/aromatic N) is 2. The smallest absolute Gasteiger partial charge is 0.164 e. The molecule has 0 fully saturated rings. The van der Waals surface area contributed by atoms with Gasteiger partial charge in [0.2, 0.25) is 0 Å². The third kappa shape index (κ3) is 2.64. The van der Waals surface area contributed by atoms with Gasteiger partial charge in [-0.3, -0.25) is 0 Å². The maximum atomic E-state index is 6.12. The molecule has 0 unspecified atom stereocenters. The number of halogens is 1. The van der Waals surface area contributed by atoms with Crippen molar-refractivity contribution in [2.75, 3.05) is 0 Å². The second-order valence-electron chi connectivity index (χ2n) is 4.47. The number of hydrogen-bond acceptors (Lipinski definition) is 2. The Labute approximate surface area is 122 Å². The van der Waals surface area contributed by atoms with Crippen LogP contribution in [0.15, 0.2) is 48.5 Å². The zero-order valence-electron chi connectivity index (χ0n) is 10.9. The van der Waals surface area contributed by atoms with E-state index >= 15 is 0 Å². The van der Waals surface area contributed by atoms with Gasteiger partial charge in [0, 0.05) is 5.56 Å². The van der Waals surface area contributed by atoms with E-state index in [1.54, 1.807) is 0 Å². The molecule has 0 bridgehead atoms. The number of para-hydroxylation sites is 2. The van der Waals surface area contributed by atoms with E-state index < -0.39 is 0 Å². The molecule has 0 N–H and O–H groups in total. The molecule has 0 radical (unpaired) electrons. The van der Waals surface area contributed by atoms with Crippen LogP contribution in [0.1, 0.15) is 16.8 Å². The lowest BCUT2D eigenvalue weighted by molar-refractivity contribution is 1.26. The lowest BCUT2D eigenvalue weighted by Crippen LogP contribution is -1.91. The highest BCUT2D eigenvalue weighted by Crippen LogP contribution is 2.16. The minimum Gasteiger partial charge on any atom is -0.234 e. The van der Waals surface area contributed by atoms with Crippen molar-refractivity contribution in [3.05, 3.63) is 70.5 Å². The molecular weight excluding hydrogens is 268 g/mol. The molecule has 0 aliphatic heterocycles. The van der Waals surface area contributed by atoms with Crippen LogP contribution in [0.3, 0.4) is 0 Å². The van der Waals surface area contributed by atoms with E-state index in [0.29, 0.717) is 10.8 Å². The third-order valence-electron chi connectivity index (χ3n) is 2.90. The molecule has 20 heavy (non-hydrogen) atoms. The number of hydrogen-bond donors (Lipinski definition) is 0. The molecular formula is C17H11ClN2. The fourth-order valence-electron chi connectivity index (χ4n) is 1.83. The molecule has 2 aromatic carbocycles. The van der Waals surface area contributed by atoms with Gasteiger partial charge in [-0.15, -0.1) is 0 Å². The maximum absolute atomic E-state index is 6.12. The van der Waals surface area contributed by atoms with Crippen LogP contribution in [0, 0.1) is 18.8 Å². The Morgan fingerprint density at radius 1 is 0.850 bits per heavy atom. The SMILES string of the molecule is Cc1ccc(C#Cc2nc3ccccc3nc2Cl)cc1. The van der Waals surface area contributed by atoms with Crippen molar-refractivity contribution in [3.8, 4) is 11.8 Å². The Bertz CT molecular complexity index is 827. The summed E-state index contributed by atoms with van der Waals surface area (Å²) in [5, 5.41) is 0.336. The summed E-state index contributed by atoms with van der Waals surface area (Å²) >= 11 is 6.12. The molecule has 1 heterocycles. The normalized spacial score (nSPS) is 10.1. The van der Waals surface area contributed by atoms with Crippen LogP contribution in [0.5, 0.6) is 0 Å². The minimum absolute atomic E-state index is 0.336. The Hall–Kier alpha value is -2.37. The molecule has 1 aromatic heterocycles. The first kappa shape index (κ1) is 12.7. The summed E-state index contributed by atoms with van der Waals surface area (Å²) in [7, 11) is 0. The predicted octanol–water partition coefficient (Wildman–Crippen LogP) is 3.99. The number of benzene rings is 2. The molecule has 0 saturated carbocycles. The van der Waals surface area contributed by atoms with Gasteiger partial charge in [-0.2, -0.15) is 0 Å². The fourth-order valence-corrected chi connectivity index (χ4v) is 2.01. The van der Waals surface area contributed by atoms with Crippen molar-refractivity contribution in [1.29, 1.82) is 0 Å². The standard InChI is InChI=1S/C17H11ClN2/c1-12-6-8-13(9-7-12)10-11-16-17(18)20-15-5-3-2-4-14(15)19-16/h2-9H,1H3. The van der Waals surface area contributed by atoms with Gasteiger partial charge in [0.15, 0.2) is 10.8 Å². The molecule has 3 rings (SSSR count). The van der Waals surface area contributed by atoms with Gasteiger partial charge in [0.25, 0.3) is 0 Å². The monoisotopic (exact) mass is 278 g/mol. The second kappa shape index (κ2) is 5.32. The lowest BCUT2D eigenvalue weighted by Gasteiger charge is -1.99. The van der Waals surface area contributed by atoms with Crippen molar-refractivity contribution < 1.29 is 0 Å². The van der Waals surface area contributed by atoms with Crippen molar-refractivity contribution in [3.63, 3.8) is 0 Å². The van der Waals surface area contributed by atoms with Crippen molar-refractivity contribution in [1.82, 2.24) is 9.97 Å². The van der Waals surface area contributed by atoms with Gasteiger partial charge in [-0.05, 0) is 37.1 Å². The molecule has 0 spiro atoms. The van der Waals surface area contributed by atoms with E-state index in [4.69, 9.17) is 11.6 Å². The Balaban J connectivity index is 2.03. The van der Waals surface area contributed by atoms with Crippen LogP contribution < -0.4 is 0 Å². The zero-order chi connectivity index (χ0) is 13.9. The summed E-state index contributed by atoms with van der Waals surface area (Å²) < 4.78 is 0. The van der Waals surface area contributed by atoms with Crippen molar-refractivity contribution >= 4 is 22.6 Å². The van der Waals surface area contributed by atoms with E-state index in [1.807, 2.05) is 55.5 Å². The molecule has 0 saturated heterocycles. The van der Waals surface area contributed by atoms with Gasteiger partial charge < -0.3 is 0 Å². The number of aryl methyl sites for hydroxylation is 1. The van der Waals surface area contributed by atoms with Crippen LogP contribution in [0.25, 0.3) is 11.0 Å². The highest BCUT2D eigenvalue weighted by atomic mass is 35.5. The number of rotatable bonds is 0. The van der Waals surface area contributed by atoms with Gasteiger partial charge in [-0.25, -0.2) is 9.97 Å². The van der Waals surface area contributed by atoms with Crippen LogP contribution in [0.4, 0.5) is 0 Å². The van der Waals surface area contributed by atoms with Crippen LogP contribution in [0.2, 0.25) is 5.15 Å². The average Bonchev–Trinajstić information content (AvgIpc) is 2.47. The maximum Gasteiger partial charge on any atom is 0.164 e. The van der Waals surface area contributed by atoms with E-state index in [0.717, 1.165) is 16.6 Å². The largest absolute Gasteiger partial charge is 0.234 e. The first-order chi connectivity index (χ1) is 9.72. The van der Waals surface area contributed by atoms with E-state index in [1.165, 1.54) is 5.56 Å². The average molecular weight is 279 g/mol. The van der Waals surface area contributed by atoms with Crippen molar-refractivity contribution in [2.24, 2.45) is 0 Å². The first-order valence-electron chi connectivity index (χ1n) is 6.23. The molecule has 3 aromatic rings. The van der Waals surface area contributed by atoms with Crippen LogP contribution >= 0.6 is 11.6 Å². The summed E-state index contributed by atoms with van der Waals surface area (Å²) in [4.78, 5) is 8.74. The summed E-state index contributed by atoms with van der Waals surface area (Å²) in [6, 6.07) is 15.6. The summed E-state index contributed by atoms with van der Waals surface area (Å²) in [5.74, 6) is 6.04. The van der Waals surface area contributed by atoms with Crippen LogP contribution in [-0.4, -0.2) is 9.97 Å². The topological polar surface area (TPSA) is 25.8 Å². The van der Waals surface area contributed by atoms with Crippen molar-refractivity contribution in [2.45, 2.75) is 6.92 Å². The number of fused-ring (bicyclic) bond motifs is 1. The molecule has 96 valence electrons. The molecule has 0 amide bonds. The third-order valence-corrected chi connectivity index (χ3v) is 3.17. The van der Waals surface area contributed by atoms with E-state index in [9.17, 15) is 0 Å². The van der Waals surface area contributed by atoms with Gasteiger partial charge in [-0.1, -0.05) is 47.4 Å². The Kier molecular flexibility index (Phi) is 3.37. The summed E-state index contributed by atoms with van der Waals surface area (Å²) in [5.41, 5.74) is 4.22. The summed E-state index contributed by atoms with van der Waals surface area (Å²) in [6.45, 7) is 2.04. The van der Waals surface area contributed by atoms with E-state index in [-0.39, 0.29) is 0 Å². The van der Waals surface area contributed by atoms with Gasteiger partial charge >= 0.3 is 0 Å². The van der Waals surface area contributed by atoms with Gasteiger partial charge in [0.1, 0.15) is 0 Å². The highest BCUT2D eigenvalue weighted by molar-refractivity contribution is 6.30. The molecule has 2 nitrogen and oxygen atoms in total. The minimum atomic E-state index is 0.336. The lowest BCUT2D eigenvalue weighted by atomic mass is 10.1. The number of aromatic nitrogens is 2. The predicted molar refractivity (Wildman–Crippen MR) is 81.7 cm³/mol. The second-order valence-corrected chi connectivity index (χ2v) is 4.83. The summed E-state index contributed by atoms with van der Waals surface area (Å²) in [6.07, 6.45) is 0. The van der Waals surface area contributed by atoms with Crippen LogP contribution in [-0.2, 0) is 0 Å². The van der Waals surface area contributed by atoms with Gasteiger partial charge in [0.05, 0.1) is 11.0 Å². The molecule has 0 aliphatic rings. The quantitative estimate of drug-likeness (QED) is 0.581. The van der Waals surface area contributed by atoms with E-state index in [2.05, 4.69) is 21.8 Å².